The molecule has 0 N–H and O–H groups in total. The van der Waals surface area contributed by atoms with E-state index in [1.165, 1.54) is 12.4 Å². The van der Waals surface area contributed by atoms with Gasteiger partial charge in [-0.25, -0.2) is 13.5 Å². The van der Waals surface area contributed by atoms with Crippen molar-refractivity contribution in [2.24, 2.45) is 0 Å². The highest BCUT2D eigenvalue weighted by Crippen LogP contribution is 2.25. The summed E-state index contributed by atoms with van der Waals surface area (Å²) in [7, 11) is 0. The fourth-order valence-electron chi connectivity index (χ4n) is 1.99. The summed E-state index contributed by atoms with van der Waals surface area (Å²) in [5, 5.41) is 14.5. The second-order valence-corrected chi connectivity index (χ2v) is 4.40. The van der Waals surface area contributed by atoms with Crippen LogP contribution in [0, 0.1) is 21.7 Å². The summed E-state index contributed by atoms with van der Waals surface area (Å²) in [5.41, 5.74) is 0.0258. The molecule has 0 atom stereocenters. The third kappa shape index (κ3) is 2.41. The lowest BCUT2D eigenvalue weighted by molar-refractivity contribution is -0.385. The number of pyridine rings is 1. The Hall–Kier alpha value is -3.16. The first kappa shape index (κ1) is 13.8. The quantitative estimate of drug-likeness (QED) is 0.550. The molecule has 8 heteroatoms. The molecule has 0 bridgehead atoms. The van der Waals surface area contributed by atoms with Gasteiger partial charge >= 0.3 is 0 Å². The number of aromatic nitrogens is 3. The Balaban J connectivity index is 2.06. The highest BCUT2D eigenvalue weighted by Gasteiger charge is 2.19. The number of halogens is 2. The largest absolute Gasteiger partial charge is 0.275 e. The molecule has 3 aromatic rings. The van der Waals surface area contributed by atoms with E-state index in [1.54, 1.807) is 24.4 Å². The molecule has 3 rings (SSSR count). The number of rotatable bonds is 3. The van der Waals surface area contributed by atoms with Gasteiger partial charge in [0.2, 0.25) is 0 Å². The molecule has 0 fully saturated rings. The van der Waals surface area contributed by atoms with Gasteiger partial charge in [-0.3, -0.25) is 15.1 Å². The molecule has 0 aliphatic carbocycles. The highest BCUT2D eigenvalue weighted by atomic mass is 19.1. The Morgan fingerprint density at radius 1 is 1.18 bits per heavy atom. The molecular formula is C14H8F2N4O2. The first-order valence-corrected chi connectivity index (χ1v) is 6.16. The van der Waals surface area contributed by atoms with Crippen LogP contribution in [0.3, 0.4) is 0 Å². The second kappa shape index (κ2) is 5.32. The number of nitro benzene ring substituents is 1. The molecule has 2 aromatic heterocycles. The summed E-state index contributed by atoms with van der Waals surface area (Å²) in [6, 6.07) is 6.54. The van der Waals surface area contributed by atoms with Crippen LogP contribution in [0.1, 0.15) is 0 Å². The first-order valence-electron chi connectivity index (χ1n) is 6.16. The normalized spacial score (nSPS) is 10.6. The third-order valence-electron chi connectivity index (χ3n) is 2.98. The van der Waals surface area contributed by atoms with Gasteiger partial charge in [0.05, 0.1) is 28.9 Å². The predicted octanol–water partition coefficient (Wildman–Crippen LogP) is 3.12. The van der Waals surface area contributed by atoms with Crippen LogP contribution in [0.4, 0.5) is 14.5 Å². The second-order valence-electron chi connectivity index (χ2n) is 4.40. The molecule has 0 saturated heterocycles. The van der Waals surface area contributed by atoms with E-state index in [1.807, 2.05) is 0 Å². The Kier molecular flexibility index (Phi) is 3.34. The molecule has 1 aromatic carbocycles. The van der Waals surface area contributed by atoms with Gasteiger partial charge in [0.25, 0.3) is 5.69 Å². The summed E-state index contributed by atoms with van der Waals surface area (Å²) in [5.74, 6) is -2.13. The van der Waals surface area contributed by atoms with Crippen molar-refractivity contribution in [2.75, 3.05) is 0 Å². The molecule has 110 valence electrons. The minimum atomic E-state index is -1.07. The Labute approximate surface area is 122 Å². The van der Waals surface area contributed by atoms with Gasteiger partial charge in [0.15, 0.2) is 11.6 Å². The minimum Gasteiger partial charge on any atom is -0.258 e. The van der Waals surface area contributed by atoms with E-state index in [0.29, 0.717) is 23.4 Å². The van der Waals surface area contributed by atoms with Crippen molar-refractivity contribution in [3.8, 4) is 16.9 Å². The lowest BCUT2D eigenvalue weighted by atomic mass is 10.2. The lowest BCUT2D eigenvalue weighted by Crippen LogP contribution is -2.03. The van der Waals surface area contributed by atoms with Gasteiger partial charge in [0.1, 0.15) is 5.69 Å². The Morgan fingerprint density at radius 3 is 2.50 bits per heavy atom. The molecular weight excluding hydrogens is 294 g/mol. The van der Waals surface area contributed by atoms with E-state index in [9.17, 15) is 18.9 Å². The maximum absolute atomic E-state index is 13.9. The van der Waals surface area contributed by atoms with Crippen molar-refractivity contribution in [1.82, 2.24) is 14.8 Å². The van der Waals surface area contributed by atoms with Crippen LogP contribution < -0.4 is 0 Å². The number of nitrogens with zero attached hydrogens (tertiary/aromatic N) is 4. The zero-order chi connectivity index (χ0) is 15.7. The molecule has 0 radical (unpaired) electrons. The molecule has 0 unspecified atom stereocenters. The average molecular weight is 302 g/mol. The van der Waals surface area contributed by atoms with E-state index < -0.39 is 27.9 Å². The minimum absolute atomic E-state index is 0.479. The molecule has 2 heterocycles. The van der Waals surface area contributed by atoms with Gasteiger partial charge in [-0.05, 0) is 12.1 Å². The van der Waals surface area contributed by atoms with Gasteiger partial charge in [-0.1, -0.05) is 6.07 Å². The van der Waals surface area contributed by atoms with Crippen molar-refractivity contribution in [3.05, 3.63) is 70.7 Å². The van der Waals surface area contributed by atoms with Crippen molar-refractivity contribution in [3.63, 3.8) is 0 Å². The predicted molar refractivity (Wildman–Crippen MR) is 73.4 cm³/mol. The van der Waals surface area contributed by atoms with Crippen LogP contribution in [0.25, 0.3) is 16.9 Å². The molecule has 0 aliphatic rings. The maximum Gasteiger partial charge on any atom is 0.275 e. The van der Waals surface area contributed by atoms with E-state index in [2.05, 4.69) is 10.1 Å². The number of nitro groups is 1. The van der Waals surface area contributed by atoms with Gasteiger partial charge in [0, 0.05) is 18.0 Å². The van der Waals surface area contributed by atoms with Crippen LogP contribution >= 0.6 is 0 Å². The smallest absolute Gasteiger partial charge is 0.258 e. The van der Waals surface area contributed by atoms with Crippen molar-refractivity contribution < 1.29 is 13.7 Å². The number of hydrogen-bond acceptors (Lipinski definition) is 4. The molecule has 0 spiro atoms. The SMILES string of the molecule is O=[N+]([O-])c1cc(F)c(-n2cc(-c3ccccn3)cn2)c(F)c1. The van der Waals surface area contributed by atoms with Crippen molar-refractivity contribution in [1.29, 1.82) is 0 Å². The summed E-state index contributed by atoms with van der Waals surface area (Å²) < 4.78 is 28.9. The van der Waals surface area contributed by atoms with E-state index >= 15 is 0 Å². The summed E-state index contributed by atoms with van der Waals surface area (Å²) >= 11 is 0. The lowest BCUT2D eigenvalue weighted by Gasteiger charge is -2.04. The monoisotopic (exact) mass is 302 g/mol. The van der Waals surface area contributed by atoms with E-state index in [0.717, 1.165) is 4.68 Å². The van der Waals surface area contributed by atoms with Crippen LogP contribution in [-0.4, -0.2) is 19.7 Å². The zero-order valence-electron chi connectivity index (χ0n) is 11.0. The number of benzene rings is 1. The molecule has 0 saturated carbocycles. The maximum atomic E-state index is 13.9. The van der Waals surface area contributed by atoms with Crippen LogP contribution in [0.2, 0.25) is 0 Å². The Morgan fingerprint density at radius 2 is 1.91 bits per heavy atom. The zero-order valence-corrected chi connectivity index (χ0v) is 11.0. The van der Waals surface area contributed by atoms with Crippen LogP contribution in [0.5, 0.6) is 0 Å². The van der Waals surface area contributed by atoms with Crippen molar-refractivity contribution >= 4 is 5.69 Å². The number of hydrogen-bond donors (Lipinski definition) is 0. The third-order valence-corrected chi connectivity index (χ3v) is 2.98. The van der Waals surface area contributed by atoms with E-state index in [-0.39, 0.29) is 0 Å². The van der Waals surface area contributed by atoms with Gasteiger partial charge in [-0.2, -0.15) is 5.10 Å². The average Bonchev–Trinajstić information content (AvgIpc) is 2.97. The summed E-state index contributed by atoms with van der Waals surface area (Å²) in [6.07, 6.45) is 4.39. The molecule has 0 aliphatic heterocycles. The fraction of sp³-hybridized carbons (Fsp3) is 0. The standard InChI is InChI=1S/C14H8F2N4O2/c15-11-5-10(20(21)22)6-12(16)14(11)19-8-9(7-18-19)13-3-1-2-4-17-13/h1-8H. The van der Waals surface area contributed by atoms with Gasteiger partial charge in [-0.15, -0.1) is 0 Å². The fourth-order valence-corrected chi connectivity index (χ4v) is 1.99. The first-order chi connectivity index (χ1) is 10.6. The van der Waals surface area contributed by atoms with Gasteiger partial charge < -0.3 is 0 Å². The molecule has 22 heavy (non-hydrogen) atoms. The van der Waals surface area contributed by atoms with Crippen LogP contribution in [0.15, 0.2) is 48.9 Å². The van der Waals surface area contributed by atoms with Crippen LogP contribution in [-0.2, 0) is 0 Å². The molecule has 0 amide bonds. The van der Waals surface area contributed by atoms with Crippen molar-refractivity contribution in [2.45, 2.75) is 0 Å². The van der Waals surface area contributed by atoms with E-state index in [4.69, 9.17) is 0 Å². The summed E-state index contributed by atoms with van der Waals surface area (Å²) in [4.78, 5) is 13.8. The Bertz CT molecular complexity index is 826. The topological polar surface area (TPSA) is 73.8 Å². The summed E-state index contributed by atoms with van der Waals surface area (Å²) in [6.45, 7) is 0. The number of non-ortho nitro benzene ring substituents is 1. The molecule has 6 nitrogen and oxygen atoms in total. The highest BCUT2D eigenvalue weighted by molar-refractivity contribution is 5.57.